The fraction of sp³-hybridized carbons (Fsp3) is 0.243. The molecule has 8 nitrogen and oxygen atoms in total. The second kappa shape index (κ2) is 12.9. The Kier molecular flexibility index (Phi) is 8.58. The summed E-state index contributed by atoms with van der Waals surface area (Å²) < 4.78 is 17.9. The molecule has 1 aliphatic rings. The number of pyridine rings is 1. The molecule has 5 aromatic rings. The molecule has 2 heterocycles. The minimum atomic E-state index is -0.363. The van der Waals surface area contributed by atoms with Gasteiger partial charge >= 0.3 is 6.03 Å². The van der Waals surface area contributed by atoms with Crippen LogP contribution in [0.15, 0.2) is 97.2 Å². The van der Waals surface area contributed by atoms with Crippen molar-refractivity contribution >= 4 is 39.7 Å². The highest BCUT2D eigenvalue weighted by molar-refractivity contribution is 6.08. The lowest BCUT2D eigenvalue weighted by molar-refractivity contribution is 0.193. The van der Waals surface area contributed by atoms with E-state index >= 15 is 0 Å². The molecule has 0 radical (unpaired) electrons. The first-order valence-electron chi connectivity index (χ1n) is 15.1. The number of nitrogens with one attached hydrogen (secondary N) is 3. The van der Waals surface area contributed by atoms with Gasteiger partial charge in [-0.25, -0.2) is 9.78 Å². The van der Waals surface area contributed by atoms with Crippen molar-refractivity contribution in [2.75, 3.05) is 36.3 Å². The number of hydrogen-bond donors (Lipinski definition) is 3. The number of anilines is 4. The Hall–Kier alpha value is -5.08. The predicted octanol–water partition coefficient (Wildman–Crippen LogP) is 9.22. The van der Waals surface area contributed by atoms with Crippen molar-refractivity contribution in [2.45, 2.75) is 38.5 Å². The van der Waals surface area contributed by atoms with Gasteiger partial charge < -0.3 is 30.2 Å². The number of ether oxygens (including phenoxy) is 3. The maximum absolute atomic E-state index is 13.5. The van der Waals surface area contributed by atoms with Gasteiger partial charge in [-0.15, -0.1) is 0 Å². The van der Waals surface area contributed by atoms with Gasteiger partial charge in [0.25, 0.3) is 0 Å². The highest BCUT2D eigenvalue weighted by atomic mass is 16.5. The van der Waals surface area contributed by atoms with Crippen molar-refractivity contribution in [1.29, 1.82) is 0 Å². The number of hydrogen-bond acceptors (Lipinski definition) is 6. The van der Waals surface area contributed by atoms with Gasteiger partial charge in [0.15, 0.2) is 0 Å². The van der Waals surface area contributed by atoms with Gasteiger partial charge in [-0.1, -0.05) is 69.3 Å². The number of fused-ring (bicyclic) bond motifs is 1. The second-order valence-corrected chi connectivity index (χ2v) is 12.2. The van der Waals surface area contributed by atoms with Crippen LogP contribution in [0, 0.1) is 0 Å². The number of methoxy groups -OCH3 is 1. The van der Waals surface area contributed by atoms with Crippen molar-refractivity contribution in [3.8, 4) is 17.2 Å². The number of nitrogens with zero attached hydrogens (tertiary/aromatic N) is 1. The van der Waals surface area contributed by atoms with E-state index in [0.717, 1.165) is 40.6 Å². The van der Waals surface area contributed by atoms with Crippen LogP contribution in [0.3, 0.4) is 0 Å². The third kappa shape index (κ3) is 6.86. The summed E-state index contributed by atoms with van der Waals surface area (Å²) in [7, 11) is 1.64. The molecule has 6 rings (SSSR count). The van der Waals surface area contributed by atoms with E-state index in [1.165, 1.54) is 0 Å². The molecule has 0 aliphatic carbocycles. The Balaban J connectivity index is 1.25. The molecule has 3 N–H and O–H groups in total. The minimum Gasteiger partial charge on any atom is -0.494 e. The predicted molar refractivity (Wildman–Crippen MR) is 180 cm³/mol. The van der Waals surface area contributed by atoms with Gasteiger partial charge in [0.1, 0.15) is 23.1 Å². The fourth-order valence-corrected chi connectivity index (χ4v) is 5.57. The largest absolute Gasteiger partial charge is 0.494 e. The van der Waals surface area contributed by atoms with Crippen LogP contribution in [-0.2, 0) is 10.2 Å². The van der Waals surface area contributed by atoms with Crippen molar-refractivity contribution in [3.05, 3.63) is 108 Å². The topological polar surface area (TPSA) is 93.7 Å². The van der Waals surface area contributed by atoms with Crippen molar-refractivity contribution in [3.63, 3.8) is 0 Å². The summed E-state index contributed by atoms with van der Waals surface area (Å²) in [6.07, 6.45) is 2.62. The van der Waals surface area contributed by atoms with Gasteiger partial charge in [-0.05, 0) is 53.8 Å². The highest BCUT2D eigenvalue weighted by Crippen LogP contribution is 2.42. The van der Waals surface area contributed by atoms with Crippen LogP contribution in [-0.4, -0.2) is 31.3 Å². The maximum atomic E-state index is 13.5. The molecule has 1 unspecified atom stereocenters. The Labute approximate surface area is 263 Å². The first-order chi connectivity index (χ1) is 21.8. The molecule has 2 amide bonds. The monoisotopic (exact) mass is 602 g/mol. The molecule has 0 bridgehead atoms. The average molecular weight is 603 g/mol. The summed E-state index contributed by atoms with van der Waals surface area (Å²) in [6, 6.07) is 28.9. The summed E-state index contributed by atoms with van der Waals surface area (Å²) in [5.41, 5.74) is 4.28. The SMILES string of the molecule is COc1c(NC(=O)Nc2ccc(Oc3ccnc(Nc4ccccc4)c3)c3ccccc23)cc(C(C)(C)C)cc1C1CCOC1. The first kappa shape index (κ1) is 30.0. The zero-order valence-electron chi connectivity index (χ0n) is 26.0. The summed E-state index contributed by atoms with van der Waals surface area (Å²) in [4.78, 5) is 17.9. The molecular weight excluding hydrogens is 564 g/mol. The van der Waals surface area contributed by atoms with Gasteiger partial charge in [0, 0.05) is 46.8 Å². The molecule has 45 heavy (non-hydrogen) atoms. The van der Waals surface area contributed by atoms with Crippen LogP contribution in [0.25, 0.3) is 10.8 Å². The molecule has 1 aliphatic heterocycles. The number of aromatic nitrogens is 1. The van der Waals surface area contributed by atoms with Gasteiger partial charge in [-0.3, -0.25) is 0 Å². The summed E-state index contributed by atoms with van der Waals surface area (Å²) >= 11 is 0. The highest BCUT2D eigenvalue weighted by Gasteiger charge is 2.27. The van der Waals surface area contributed by atoms with Crippen LogP contribution in [0.2, 0.25) is 0 Å². The standard InChI is InChI=1S/C37H38N4O4/c1-37(2,3)25-20-30(24-17-19-44-23-24)35(43-4)32(21-25)41-36(42)40-31-14-15-33(29-13-9-8-12-28(29)31)45-27-16-18-38-34(22-27)39-26-10-6-5-7-11-26/h5-16,18,20-22,24H,17,19,23H2,1-4H3,(H,38,39)(H2,40,41,42). The lowest BCUT2D eigenvalue weighted by Gasteiger charge is -2.25. The molecule has 4 aromatic carbocycles. The number of urea groups is 1. The van der Waals surface area contributed by atoms with E-state index in [1.807, 2.05) is 84.9 Å². The summed E-state index contributed by atoms with van der Waals surface area (Å²) in [5, 5.41) is 11.1. The molecule has 1 atom stereocenters. The van der Waals surface area contributed by atoms with Gasteiger partial charge in [0.05, 0.1) is 25.1 Å². The van der Waals surface area contributed by atoms with E-state index in [9.17, 15) is 4.79 Å². The third-order valence-corrected chi connectivity index (χ3v) is 7.94. The number of carbonyl (C=O) groups is 1. The van der Waals surface area contributed by atoms with E-state index in [0.29, 0.717) is 41.0 Å². The third-order valence-electron chi connectivity index (χ3n) is 7.94. The molecule has 0 saturated carbocycles. The minimum absolute atomic E-state index is 0.118. The van der Waals surface area contributed by atoms with Crippen LogP contribution in [0.4, 0.5) is 27.7 Å². The fourth-order valence-electron chi connectivity index (χ4n) is 5.57. The smallest absolute Gasteiger partial charge is 0.323 e. The molecular formula is C37H38N4O4. The van der Waals surface area contributed by atoms with E-state index < -0.39 is 0 Å². The molecule has 8 heteroatoms. The Morgan fingerprint density at radius 3 is 2.38 bits per heavy atom. The normalized spacial score (nSPS) is 14.6. The lowest BCUT2D eigenvalue weighted by atomic mass is 9.83. The Morgan fingerprint density at radius 2 is 1.64 bits per heavy atom. The Bertz CT molecular complexity index is 1810. The van der Waals surface area contributed by atoms with Gasteiger partial charge in [-0.2, -0.15) is 0 Å². The average Bonchev–Trinajstić information content (AvgIpc) is 3.57. The molecule has 1 saturated heterocycles. The van der Waals surface area contributed by atoms with Crippen LogP contribution in [0.5, 0.6) is 17.2 Å². The number of carbonyl (C=O) groups excluding carboxylic acids is 1. The molecule has 230 valence electrons. The van der Waals surface area contributed by atoms with Crippen molar-refractivity contribution < 1.29 is 19.0 Å². The second-order valence-electron chi connectivity index (χ2n) is 12.2. The maximum Gasteiger partial charge on any atom is 0.323 e. The number of amides is 2. The number of rotatable bonds is 8. The zero-order chi connectivity index (χ0) is 31.4. The van der Waals surface area contributed by atoms with Crippen LogP contribution < -0.4 is 25.4 Å². The summed E-state index contributed by atoms with van der Waals surface area (Å²) in [6.45, 7) is 7.85. The van der Waals surface area contributed by atoms with E-state index in [1.54, 1.807) is 13.3 Å². The summed E-state index contributed by atoms with van der Waals surface area (Å²) in [5.74, 6) is 2.86. The van der Waals surface area contributed by atoms with Crippen molar-refractivity contribution in [1.82, 2.24) is 4.98 Å². The number of benzene rings is 4. The Morgan fingerprint density at radius 1 is 0.889 bits per heavy atom. The van der Waals surface area contributed by atoms with Crippen LogP contribution >= 0.6 is 0 Å². The van der Waals surface area contributed by atoms with E-state index in [4.69, 9.17) is 14.2 Å². The molecule has 1 fully saturated rings. The van der Waals surface area contributed by atoms with E-state index in [2.05, 4.69) is 47.8 Å². The van der Waals surface area contributed by atoms with Crippen LogP contribution in [0.1, 0.15) is 44.2 Å². The lowest BCUT2D eigenvalue weighted by Crippen LogP contribution is -2.22. The zero-order valence-corrected chi connectivity index (χ0v) is 26.0. The first-order valence-corrected chi connectivity index (χ1v) is 15.1. The molecule has 0 spiro atoms. The molecule has 1 aromatic heterocycles. The number of para-hydroxylation sites is 1. The van der Waals surface area contributed by atoms with Gasteiger partial charge in [0.2, 0.25) is 0 Å². The quantitative estimate of drug-likeness (QED) is 0.164. The van der Waals surface area contributed by atoms with Crippen molar-refractivity contribution in [2.24, 2.45) is 0 Å². The van der Waals surface area contributed by atoms with E-state index in [-0.39, 0.29) is 17.4 Å².